The quantitative estimate of drug-likeness (QED) is 0.844. The van der Waals surface area contributed by atoms with Gasteiger partial charge in [0.1, 0.15) is 5.75 Å². The molecule has 0 aliphatic rings. The van der Waals surface area contributed by atoms with E-state index < -0.39 is 0 Å². The number of rotatable bonds is 5. The molecule has 1 rings (SSSR count). The van der Waals surface area contributed by atoms with E-state index in [9.17, 15) is 4.79 Å². The van der Waals surface area contributed by atoms with Crippen LogP contribution in [0, 0.1) is 12.8 Å². The van der Waals surface area contributed by atoms with Crippen molar-refractivity contribution in [2.24, 2.45) is 5.92 Å². The molecule has 4 nitrogen and oxygen atoms in total. The average Bonchev–Trinajstić information content (AvgIpc) is 2.38. The summed E-state index contributed by atoms with van der Waals surface area (Å²) in [7, 11) is 3.21. The molecule has 0 atom stereocenters. The van der Waals surface area contributed by atoms with Crippen LogP contribution < -0.4 is 10.1 Å². The van der Waals surface area contributed by atoms with Crippen molar-refractivity contribution in [2.45, 2.75) is 27.7 Å². The normalized spacial score (nSPS) is 9.75. The van der Waals surface area contributed by atoms with Gasteiger partial charge in [0, 0.05) is 19.2 Å². The van der Waals surface area contributed by atoms with Gasteiger partial charge in [-0.3, -0.25) is 4.79 Å². The predicted octanol–water partition coefficient (Wildman–Crippen LogP) is 3.04. The maximum Gasteiger partial charge on any atom is 0.251 e. The highest BCUT2D eigenvalue weighted by molar-refractivity contribution is 5.94. The van der Waals surface area contributed by atoms with Gasteiger partial charge < -0.3 is 14.8 Å². The first-order valence-corrected chi connectivity index (χ1v) is 6.84. The molecule has 0 fully saturated rings. The second-order valence-corrected chi connectivity index (χ2v) is 5.17. The van der Waals surface area contributed by atoms with Gasteiger partial charge in [-0.2, -0.15) is 0 Å². The van der Waals surface area contributed by atoms with E-state index in [1.54, 1.807) is 32.4 Å². The molecule has 0 saturated carbocycles. The van der Waals surface area contributed by atoms with Crippen molar-refractivity contribution in [2.75, 3.05) is 27.4 Å². The average molecular weight is 281 g/mol. The molecular formula is C16H27NO3. The molecule has 0 aliphatic carbocycles. The molecule has 1 aromatic carbocycles. The Morgan fingerprint density at radius 3 is 2.30 bits per heavy atom. The Labute approximate surface area is 122 Å². The summed E-state index contributed by atoms with van der Waals surface area (Å²) in [5, 5.41) is 2.76. The number of hydrogen-bond acceptors (Lipinski definition) is 3. The first-order chi connectivity index (χ1) is 9.42. The van der Waals surface area contributed by atoms with E-state index in [1.807, 2.05) is 6.92 Å². The Morgan fingerprint density at radius 1 is 1.25 bits per heavy atom. The molecule has 0 saturated heterocycles. The molecule has 1 aromatic rings. The third-order valence-electron chi connectivity index (χ3n) is 2.25. The lowest BCUT2D eigenvalue weighted by Crippen LogP contribution is -2.26. The molecule has 0 aliphatic heterocycles. The van der Waals surface area contributed by atoms with Crippen LogP contribution in [0.3, 0.4) is 0 Å². The number of nitrogens with one attached hydrogen (secondary N) is 1. The molecule has 114 valence electrons. The lowest BCUT2D eigenvalue weighted by molar-refractivity contribution is 0.0937. The number of methoxy groups -OCH3 is 2. The van der Waals surface area contributed by atoms with Crippen LogP contribution in [0.25, 0.3) is 0 Å². The molecule has 1 amide bonds. The Morgan fingerprint density at radius 2 is 1.85 bits per heavy atom. The molecule has 0 spiro atoms. The highest BCUT2D eigenvalue weighted by atomic mass is 16.5. The molecule has 0 bridgehead atoms. The topological polar surface area (TPSA) is 47.6 Å². The monoisotopic (exact) mass is 281 g/mol. The van der Waals surface area contributed by atoms with Crippen LogP contribution in [0.4, 0.5) is 0 Å². The van der Waals surface area contributed by atoms with Gasteiger partial charge in [-0.25, -0.2) is 0 Å². The highest BCUT2D eigenvalue weighted by Gasteiger charge is 2.06. The van der Waals surface area contributed by atoms with Gasteiger partial charge in [-0.1, -0.05) is 20.8 Å². The first kappa shape index (κ1) is 18.4. The van der Waals surface area contributed by atoms with Crippen LogP contribution in [-0.2, 0) is 4.74 Å². The zero-order valence-corrected chi connectivity index (χ0v) is 13.4. The molecule has 20 heavy (non-hydrogen) atoms. The molecule has 0 heterocycles. The standard InChI is InChI=1S/C12H17NO3.C4H10/c1-9-8-10(4-5-11(9)16-3)12(14)13-6-7-15-2;1-4(2)3/h4-5,8H,6-7H2,1-3H3,(H,13,14);4H,1-3H3. The summed E-state index contributed by atoms with van der Waals surface area (Å²) in [6.07, 6.45) is 0. The molecular weight excluding hydrogens is 254 g/mol. The summed E-state index contributed by atoms with van der Waals surface area (Å²) >= 11 is 0. The van der Waals surface area contributed by atoms with E-state index in [1.165, 1.54) is 0 Å². The summed E-state index contributed by atoms with van der Waals surface area (Å²) in [4.78, 5) is 11.7. The van der Waals surface area contributed by atoms with E-state index >= 15 is 0 Å². The Kier molecular flexibility index (Phi) is 9.47. The van der Waals surface area contributed by atoms with Crippen molar-refractivity contribution in [1.29, 1.82) is 0 Å². The second-order valence-electron chi connectivity index (χ2n) is 5.17. The first-order valence-electron chi connectivity index (χ1n) is 6.84. The minimum Gasteiger partial charge on any atom is -0.496 e. The molecule has 1 N–H and O–H groups in total. The minimum atomic E-state index is -0.0946. The van der Waals surface area contributed by atoms with Gasteiger partial charge in [0.05, 0.1) is 13.7 Å². The van der Waals surface area contributed by atoms with Crippen LogP contribution in [0.15, 0.2) is 18.2 Å². The van der Waals surface area contributed by atoms with Crippen LogP contribution >= 0.6 is 0 Å². The molecule has 4 heteroatoms. The highest BCUT2D eigenvalue weighted by Crippen LogP contribution is 2.18. The number of ether oxygens (including phenoxy) is 2. The SMILES string of the molecule is CC(C)C.COCCNC(=O)c1ccc(OC)c(C)c1. The van der Waals surface area contributed by atoms with Crippen molar-refractivity contribution >= 4 is 5.91 Å². The van der Waals surface area contributed by atoms with Gasteiger partial charge in [-0.05, 0) is 36.6 Å². The van der Waals surface area contributed by atoms with E-state index in [2.05, 4.69) is 26.1 Å². The van der Waals surface area contributed by atoms with Crippen LogP contribution in [0.2, 0.25) is 0 Å². The van der Waals surface area contributed by atoms with Crippen LogP contribution in [0.5, 0.6) is 5.75 Å². The van der Waals surface area contributed by atoms with E-state index in [0.29, 0.717) is 18.7 Å². The van der Waals surface area contributed by atoms with Crippen molar-refractivity contribution in [3.63, 3.8) is 0 Å². The van der Waals surface area contributed by atoms with E-state index in [0.717, 1.165) is 17.2 Å². The zero-order valence-electron chi connectivity index (χ0n) is 13.4. The fraction of sp³-hybridized carbons (Fsp3) is 0.562. The van der Waals surface area contributed by atoms with Crippen molar-refractivity contribution in [1.82, 2.24) is 5.32 Å². The smallest absolute Gasteiger partial charge is 0.251 e. The van der Waals surface area contributed by atoms with Gasteiger partial charge in [0.25, 0.3) is 5.91 Å². The summed E-state index contributed by atoms with van der Waals surface area (Å²) < 4.78 is 9.98. The number of aryl methyl sites for hydroxylation is 1. The van der Waals surface area contributed by atoms with Gasteiger partial charge in [0.2, 0.25) is 0 Å². The van der Waals surface area contributed by atoms with E-state index in [4.69, 9.17) is 9.47 Å². The summed E-state index contributed by atoms with van der Waals surface area (Å²) in [6, 6.07) is 5.34. The lowest BCUT2D eigenvalue weighted by Gasteiger charge is -2.08. The molecule has 0 unspecified atom stereocenters. The minimum absolute atomic E-state index is 0.0946. The summed E-state index contributed by atoms with van der Waals surface area (Å²) in [5.41, 5.74) is 1.58. The second kappa shape index (κ2) is 10.3. The maximum absolute atomic E-state index is 11.7. The molecule has 0 radical (unpaired) electrons. The summed E-state index contributed by atoms with van der Waals surface area (Å²) in [6.45, 7) is 9.44. The van der Waals surface area contributed by atoms with Crippen molar-refractivity contribution in [3.05, 3.63) is 29.3 Å². The Balaban J connectivity index is 0.000000796. The van der Waals surface area contributed by atoms with E-state index in [-0.39, 0.29) is 5.91 Å². The number of amides is 1. The zero-order chi connectivity index (χ0) is 15.5. The van der Waals surface area contributed by atoms with Crippen molar-refractivity contribution < 1.29 is 14.3 Å². The van der Waals surface area contributed by atoms with Gasteiger partial charge in [-0.15, -0.1) is 0 Å². The molecule has 0 aromatic heterocycles. The largest absolute Gasteiger partial charge is 0.496 e. The third-order valence-corrected chi connectivity index (χ3v) is 2.25. The van der Waals surface area contributed by atoms with Crippen LogP contribution in [0.1, 0.15) is 36.7 Å². The fourth-order valence-corrected chi connectivity index (χ4v) is 1.39. The number of benzene rings is 1. The number of carbonyl (C=O) groups excluding carboxylic acids is 1. The third kappa shape index (κ3) is 7.79. The Hall–Kier alpha value is -1.55. The summed E-state index contributed by atoms with van der Waals surface area (Å²) in [5.74, 6) is 1.52. The fourth-order valence-electron chi connectivity index (χ4n) is 1.39. The predicted molar refractivity (Wildman–Crippen MR) is 82.5 cm³/mol. The van der Waals surface area contributed by atoms with Crippen molar-refractivity contribution in [3.8, 4) is 5.75 Å². The lowest BCUT2D eigenvalue weighted by atomic mass is 10.1. The van der Waals surface area contributed by atoms with Crippen LogP contribution in [-0.4, -0.2) is 33.3 Å². The number of hydrogen-bond donors (Lipinski definition) is 1. The Bertz CT molecular complexity index is 400. The van der Waals surface area contributed by atoms with Gasteiger partial charge >= 0.3 is 0 Å². The van der Waals surface area contributed by atoms with Gasteiger partial charge in [0.15, 0.2) is 0 Å². The number of carbonyl (C=O) groups is 1. The maximum atomic E-state index is 11.7.